The van der Waals surface area contributed by atoms with Gasteiger partial charge in [-0.15, -0.1) is 0 Å². The molecule has 160 valence electrons. The van der Waals surface area contributed by atoms with E-state index < -0.39 is 11.8 Å². The smallest absolute Gasteiger partial charge is 0.308 e. The summed E-state index contributed by atoms with van der Waals surface area (Å²) in [5.74, 6) is -0.581. The lowest BCUT2D eigenvalue weighted by Crippen LogP contribution is -2.43. The molecule has 0 bridgehead atoms. The molecule has 0 saturated carbocycles. The standard InChI is InChI=1S/C25H21N3O4/c1-17-11-13-19(14-12-17)21-15-23(32-28-21)25(30)27-26-24(29)16-31-22-10-6-5-9-20(22)18-7-3-2-4-8-18/h2-15H,16H2,1H3,(H,26,29)(H,27,30). The molecule has 2 amide bonds. The zero-order chi connectivity index (χ0) is 22.3. The molecule has 0 atom stereocenters. The highest BCUT2D eigenvalue weighted by Crippen LogP contribution is 2.29. The number of aryl methyl sites for hydroxylation is 1. The van der Waals surface area contributed by atoms with Gasteiger partial charge in [0.2, 0.25) is 5.76 Å². The molecule has 0 unspecified atom stereocenters. The molecule has 4 rings (SSSR count). The molecule has 2 N–H and O–H groups in total. The van der Waals surface area contributed by atoms with Crippen LogP contribution in [0.25, 0.3) is 22.4 Å². The summed E-state index contributed by atoms with van der Waals surface area (Å²) in [6.45, 7) is 1.72. The molecule has 7 nitrogen and oxygen atoms in total. The molecule has 0 fully saturated rings. The third-order valence-electron chi connectivity index (χ3n) is 4.73. The van der Waals surface area contributed by atoms with Crippen LogP contribution < -0.4 is 15.6 Å². The number of nitrogens with zero attached hydrogens (tertiary/aromatic N) is 1. The number of hydrazine groups is 1. The van der Waals surface area contributed by atoms with E-state index in [1.165, 1.54) is 6.07 Å². The third-order valence-corrected chi connectivity index (χ3v) is 4.73. The van der Waals surface area contributed by atoms with Gasteiger partial charge in [-0.05, 0) is 18.6 Å². The molecule has 0 saturated heterocycles. The van der Waals surface area contributed by atoms with Crippen molar-refractivity contribution < 1.29 is 18.8 Å². The number of hydrogen-bond donors (Lipinski definition) is 2. The van der Waals surface area contributed by atoms with Crippen molar-refractivity contribution in [1.82, 2.24) is 16.0 Å². The van der Waals surface area contributed by atoms with Gasteiger partial charge in [-0.2, -0.15) is 0 Å². The Morgan fingerprint density at radius 3 is 2.38 bits per heavy atom. The van der Waals surface area contributed by atoms with E-state index in [-0.39, 0.29) is 12.4 Å². The van der Waals surface area contributed by atoms with Crippen LogP contribution in [-0.4, -0.2) is 23.6 Å². The second-order valence-electron chi connectivity index (χ2n) is 7.10. The average Bonchev–Trinajstić information content (AvgIpc) is 3.33. The number of nitrogens with one attached hydrogen (secondary N) is 2. The number of para-hydroxylation sites is 1. The largest absolute Gasteiger partial charge is 0.483 e. The first-order valence-corrected chi connectivity index (χ1v) is 10.0. The summed E-state index contributed by atoms with van der Waals surface area (Å²) in [6.07, 6.45) is 0. The van der Waals surface area contributed by atoms with Crippen molar-refractivity contribution in [3.05, 3.63) is 96.3 Å². The van der Waals surface area contributed by atoms with Crippen LogP contribution >= 0.6 is 0 Å². The molecule has 1 heterocycles. The number of rotatable bonds is 6. The van der Waals surface area contributed by atoms with E-state index in [1.807, 2.05) is 79.7 Å². The van der Waals surface area contributed by atoms with Crippen LogP contribution in [0.3, 0.4) is 0 Å². The van der Waals surface area contributed by atoms with Gasteiger partial charge in [0.15, 0.2) is 6.61 Å². The van der Waals surface area contributed by atoms with Crippen LogP contribution in [0.1, 0.15) is 16.1 Å². The Morgan fingerprint density at radius 1 is 0.875 bits per heavy atom. The lowest BCUT2D eigenvalue weighted by molar-refractivity contribution is -0.123. The van der Waals surface area contributed by atoms with Gasteiger partial charge >= 0.3 is 5.91 Å². The number of aromatic nitrogens is 1. The van der Waals surface area contributed by atoms with Crippen LogP contribution in [0.4, 0.5) is 0 Å². The van der Waals surface area contributed by atoms with Crippen molar-refractivity contribution in [2.24, 2.45) is 0 Å². The minimum atomic E-state index is -0.617. The predicted octanol–water partition coefficient (Wildman–Crippen LogP) is 4.16. The Morgan fingerprint density at radius 2 is 1.59 bits per heavy atom. The van der Waals surface area contributed by atoms with Crippen LogP contribution in [0.5, 0.6) is 5.75 Å². The third kappa shape index (κ3) is 5.02. The quantitative estimate of drug-likeness (QED) is 0.451. The SMILES string of the molecule is Cc1ccc(-c2cc(C(=O)NNC(=O)COc3ccccc3-c3ccccc3)on2)cc1. The number of carbonyl (C=O) groups is 2. The van der Waals surface area contributed by atoms with E-state index in [0.29, 0.717) is 11.4 Å². The first-order valence-electron chi connectivity index (χ1n) is 10.0. The lowest BCUT2D eigenvalue weighted by atomic mass is 10.1. The summed E-state index contributed by atoms with van der Waals surface area (Å²) < 4.78 is 10.8. The summed E-state index contributed by atoms with van der Waals surface area (Å²) in [5, 5.41) is 3.91. The molecule has 0 aliphatic heterocycles. The number of carbonyl (C=O) groups excluding carboxylic acids is 2. The number of benzene rings is 3. The van der Waals surface area contributed by atoms with Crippen molar-refractivity contribution in [1.29, 1.82) is 0 Å². The molecule has 0 aliphatic carbocycles. The second kappa shape index (κ2) is 9.61. The van der Waals surface area contributed by atoms with Gasteiger partial charge in [-0.1, -0.05) is 83.5 Å². The van der Waals surface area contributed by atoms with Gasteiger partial charge in [-0.3, -0.25) is 20.4 Å². The van der Waals surface area contributed by atoms with E-state index >= 15 is 0 Å². The summed E-state index contributed by atoms with van der Waals surface area (Å²) in [5.41, 5.74) is 8.94. The zero-order valence-corrected chi connectivity index (χ0v) is 17.4. The molecular formula is C25H21N3O4. The molecule has 7 heteroatoms. The summed E-state index contributed by atoms with van der Waals surface area (Å²) in [7, 11) is 0. The first-order chi connectivity index (χ1) is 15.6. The number of hydrogen-bond acceptors (Lipinski definition) is 5. The lowest BCUT2D eigenvalue weighted by Gasteiger charge is -2.12. The van der Waals surface area contributed by atoms with Crippen molar-refractivity contribution in [2.75, 3.05) is 6.61 Å². The summed E-state index contributed by atoms with van der Waals surface area (Å²) in [4.78, 5) is 24.4. The predicted molar refractivity (Wildman–Crippen MR) is 120 cm³/mol. The molecule has 0 aliphatic rings. The average molecular weight is 427 g/mol. The summed E-state index contributed by atoms with van der Waals surface area (Å²) >= 11 is 0. The number of amides is 2. The van der Waals surface area contributed by atoms with E-state index in [9.17, 15) is 9.59 Å². The van der Waals surface area contributed by atoms with Crippen LogP contribution in [0.15, 0.2) is 89.5 Å². The Balaban J connectivity index is 1.31. The van der Waals surface area contributed by atoms with Gasteiger partial charge in [0.05, 0.1) is 0 Å². The van der Waals surface area contributed by atoms with E-state index in [1.54, 1.807) is 6.07 Å². The van der Waals surface area contributed by atoms with Crippen LogP contribution in [0.2, 0.25) is 0 Å². The Kier molecular flexibility index (Phi) is 6.27. The zero-order valence-electron chi connectivity index (χ0n) is 17.4. The minimum absolute atomic E-state index is 0.0174. The van der Waals surface area contributed by atoms with Gasteiger partial charge in [-0.25, -0.2) is 0 Å². The second-order valence-corrected chi connectivity index (χ2v) is 7.10. The van der Waals surface area contributed by atoms with Crippen LogP contribution in [0, 0.1) is 6.92 Å². The first kappa shape index (κ1) is 20.9. The van der Waals surface area contributed by atoms with Crippen molar-refractivity contribution in [3.63, 3.8) is 0 Å². The fourth-order valence-corrected chi connectivity index (χ4v) is 3.06. The normalized spacial score (nSPS) is 10.4. The molecule has 1 aromatic heterocycles. The number of ether oxygens (including phenoxy) is 1. The molecule has 0 spiro atoms. The fraction of sp³-hybridized carbons (Fsp3) is 0.0800. The maximum atomic E-state index is 12.3. The maximum absolute atomic E-state index is 12.3. The molecule has 3 aromatic carbocycles. The monoisotopic (exact) mass is 427 g/mol. The van der Waals surface area contributed by atoms with E-state index in [4.69, 9.17) is 9.26 Å². The highest BCUT2D eigenvalue weighted by molar-refractivity contribution is 5.93. The van der Waals surface area contributed by atoms with Crippen molar-refractivity contribution in [2.45, 2.75) is 6.92 Å². The van der Waals surface area contributed by atoms with E-state index in [2.05, 4.69) is 16.0 Å². The molecular weight excluding hydrogens is 406 g/mol. The van der Waals surface area contributed by atoms with Crippen LogP contribution in [-0.2, 0) is 4.79 Å². The molecule has 0 radical (unpaired) electrons. The van der Waals surface area contributed by atoms with Gasteiger partial charge in [0.25, 0.3) is 5.91 Å². The van der Waals surface area contributed by atoms with Gasteiger partial charge in [0.1, 0.15) is 11.4 Å². The Bertz CT molecular complexity index is 1220. The highest BCUT2D eigenvalue weighted by Gasteiger charge is 2.15. The van der Waals surface area contributed by atoms with Gasteiger partial charge < -0.3 is 9.26 Å². The van der Waals surface area contributed by atoms with Crippen molar-refractivity contribution >= 4 is 11.8 Å². The molecule has 4 aromatic rings. The maximum Gasteiger partial charge on any atom is 0.308 e. The van der Waals surface area contributed by atoms with Gasteiger partial charge in [0, 0.05) is 17.2 Å². The highest BCUT2D eigenvalue weighted by atomic mass is 16.5. The fourth-order valence-electron chi connectivity index (χ4n) is 3.06. The Labute approximate surface area is 185 Å². The van der Waals surface area contributed by atoms with Crippen molar-refractivity contribution in [3.8, 4) is 28.1 Å². The summed E-state index contributed by atoms with van der Waals surface area (Å²) in [6, 6.07) is 26.3. The molecule has 32 heavy (non-hydrogen) atoms. The Hall–Kier alpha value is -4.39. The topological polar surface area (TPSA) is 93.5 Å². The minimum Gasteiger partial charge on any atom is -0.483 e. The van der Waals surface area contributed by atoms with E-state index in [0.717, 1.165) is 22.3 Å².